The van der Waals surface area contributed by atoms with Crippen LogP contribution in [0.1, 0.15) is 11.3 Å². The zero-order valence-corrected chi connectivity index (χ0v) is 15.1. The molecule has 1 heterocycles. The number of rotatable bonds is 5. The SMILES string of the molecule is Cc1cc(CNC(=O)COc2ccc3ccccc3c2)c2ccccc2n1. The number of carbonyl (C=O) groups is 1. The maximum absolute atomic E-state index is 12.2. The molecule has 4 rings (SSSR count). The van der Waals surface area contributed by atoms with Gasteiger partial charge in [0.15, 0.2) is 6.61 Å². The first-order valence-electron chi connectivity index (χ1n) is 8.92. The van der Waals surface area contributed by atoms with Crippen LogP contribution >= 0.6 is 0 Å². The van der Waals surface area contributed by atoms with Crippen molar-refractivity contribution in [2.45, 2.75) is 13.5 Å². The van der Waals surface area contributed by atoms with Gasteiger partial charge in [-0.2, -0.15) is 0 Å². The van der Waals surface area contributed by atoms with Gasteiger partial charge in [0.2, 0.25) is 0 Å². The highest BCUT2D eigenvalue weighted by Gasteiger charge is 2.07. The van der Waals surface area contributed by atoms with Crippen molar-refractivity contribution in [2.24, 2.45) is 0 Å². The number of fused-ring (bicyclic) bond motifs is 2. The van der Waals surface area contributed by atoms with Crippen LogP contribution in [0.5, 0.6) is 5.75 Å². The number of amides is 1. The van der Waals surface area contributed by atoms with Gasteiger partial charge in [-0.3, -0.25) is 9.78 Å². The number of aromatic nitrogens is 1. The highest BCUT2D eigenvalue weighted by molar-refractivity contribution is 5.85. The van der Waals surface area contributed by atoms with E-state index in [1.54, 1.807) is 0 Å². The maximum atomic E-state index is 12.2. The molecule has 0 saturated carbocycles. The van der Waals surface area contributed by atoms with Gasteiger partial charge in [-0.25, -0.2) is 0 Å². The van der Waals surface area contributed by atoms with Crippen LogP contribution in [0.4, 0.5) is 0 Å². The lowest BCUT2D eigenvalue weighted by molar-refractivity contribution is -0.123. The van der Waals surface area contributed by atoms with E-state index in [-0.39, 0.29) is 12.5 Å². The molecule has 4 nitrogen and oxygen atoms in total. The Balaban J connectivity index is 1.40. The first-order valence-corrected chi connectivity index (χ1v) is 8.92. The van der Waals surface area contributed by atoms with Crippen molar-refractivity contribution in [3.05, 3.63) is 84.1 Å². The molecule has 3 aromatic carbocycles. The highest BCUT2D eigenvalue weighted by atomic mass is 16.5. The van der Waals surface area contributed by atoms with Crippen molar-refractivity contribution in [1.82, 2.24) is 10.3 Å². The van der Waals surface area contributed by atoms with Crippen molar-refractivity contribution < 1.29 is 9.53 Å². The molecular weight excluding hydrogens is 336 g/mol. The molecule has 134 valence electrons. The molecule has 0 unspecified atom stereocenters. The fraction of sp³-hybridized carbons (Fsp3) is 0.130. The average Bonchev–Trinajstić information content (AvgIpc) is 2.70. The summed E-state index contributed by atoms with van der Waals surface area (Å²) in [6, 6.07) is 23.8. The Labute approximate surface area is 157 Å². The summed E-state index contributed by atoms with van der Waals surface area (Å²) in [6.45, 7) is 2.39. The predicted octanol–water partition coefficient (Wildman–Crippen LogP) is 4.39. The minimum atomic E-state index is -0.151. The molecule has 0 radical (unpaired) electrons. The van der Waals surface area contributed by atoms with Crippen LogP contribution in [0.15, 0.2) is 72.8 Å². The number of nitrogens with one attached hydrogen (secondary N) is 1. The van der Waals surface area contributed by atoms with Crippen LogP contribution in [-0.4, -0.2) is 17.5 Å². The number of para-hydroxylation sites is 1. The van der Waals surface area contributed by atoms with Gasteiger partial charge in [-0.1, -0.05) is 48.5 Å². The molecule has 0 saturated heterocycles. The Morgan fingerprint density at radius 1 is 0.963 bits per heavy atom. The molecule has 0 aliphatic rings. The second-order valence-electron chi connectivity index (χ2n) is 6.51. The second kappa shape index (κ2) is 7.46. The predicted molar refractivity (Wildman–Crippen MR) is 108 cm³/mol. The smallest absolute Gasteiger partial charge is 0.258 e. The van der Waals surface area contributed by atoms with E-state index in [1.165, 1.54) is 0 Å². The van der Waals surface area contributed by atoms with E-state index in [0.29, 0.717) is 12.3 Å². The largest absolute Gasteiger partial charge is 0.484 e. The topological polar surface area (TPSA) is 51.2 Å². The summed E-state index contributed by atoms with van der Waals surface area (Å²) in [7, 11) is 0. The Hall–Kier alpha value is -3.40. The van der Waals surface area contributed by atoms with Gasteiger partial charge in [0.25, 0.3) is 5.91 Å². The molecular formula is C23H20N2O2. The third-order valence-corrected chi connectivity index (χ3v) is 4.50. The van der Waals surface area contributed by atoms with Crippen molar-refractivity contribution in [3.8, 4) is 5.75 Å². The molecule has 4 heteroatoms. The van der Waals surface area contributed by atoms with Gasteiger partial charge in [0.1, 0.15) is 5.75 Å². The average molecular weight is 356 g/mol. The number of aryl methyl sites for hydroxylation is 1. The summed E-state index contributed by atoms with van der Waals surface area (Å²) in [5.74, 6) is 0.538. The van der Waals surface area contributed by atoms with Crippen molar-refractivity contribution in [1.29, 1.82) is 0 Å². The third kappa shape index (κ3) is 3.90. The molecule has 0 spiro atoms. The van der Waals surface area contributed by atoms with Crippen LogP contribution in [0.3, 0.4) is 0 Å². The van der Waals surface area contributed by atoms with Gasteiger partial charge in [0.05, 0.1) is 5.52 Å². The van der Waals surface area contributed by atoms with Crippen LogP contribution in [0, 0.1) is 6.92 Å². The van der Waals surface area contributed by atoms with Gasteiger partial charge < -0.3 is 10.1 Å². The highest BCUT2D eigenvalue weighted by Crippen LogP contribution is 2.21. The Morgan fingerprint density at radius 3 is 2.63 bits per heavy atom. The minimum absolute atomic E-state index is 0.0136. The normalized spacial score (nSPS) is 10.9. The number of ether oxygens (including phenoxy) is 1. The van der Waals surface area contributed by atoms with Gasteiger partial charge in [0, 0.05) is 17.6 Å². The number of nitrogens with zero attached hydrogens (tertiary/aromatic N) is 1. The van der Waals surface area contributed by atoms with E-state index in [0.717, 1.165) is 32.9 Å². The summed E-state index contributed by atoms with van der Waals surface area (Å²) in [5.41, 5.74) is 2.93. The van der Waals surface area contributed by atoms with E-state index >= 15 is 0 Å². The number of carbonyl (C=O) groups excluding carboxylic acids is 1. The lowest BCUT2D eigenvalue weighted by Gasteiger charge is -2.11. The molecule has 0 aliphatic carbocycles. The van der Waals surface area contributed by atoms with E-state index < -0.39 is 0 Å². The zero-order chi connectivity index (χ0) is 18.6. The molecule has 4 aromatic rings. The summed E-state index contributed by atoms with van der Waals surface area (Å²) in [6.07, 6.45) is 0. The van der Waals surface area contributed by atoms with Crippen molar-refractivity contribution >= 4 is 27.6 Å². The first kappa shape index (κ1) is 17.0. The summed E-state index contributed by atoms with van der Waals surface area (Å²) < 4.78 is 5.65. The summed E-state index contributed by atoms with van der Waals surface area (Å²) in [5, 5.41) is 6.23. The quantitative estimate of drug-likeness (QED) is 0.577. The molecule has 1 aromatic heterocycles. The first-order chi connectivity index (χ1) is 13.2. The molecule has 27 heavy (non-hydrogen) atoms. The third-order valence-electron chi connectivity index (χ3n) is 4.50. The maximum Gasteiger partial charge on any atom is 0.258 e. The lowest BCUT2D eigenvalue weighted by Crippen LogP contribution is -2.28. The van der Waals surface area contributed by atoms with Crippen LogP contribution < -0.4 is 10.1 Å². The van der Waals surface area contributed by atoms with Gasteiger partial charge >= 0.3 is 0 Å². The van der Waals surface area contributed by atoms with Crippen LogP contribution in [0.2, 0.25) is 0 Å². The number of hydrogen-bond acceptors (Lipinski definition) is 3. The Bertz CT molecular complexity index is 1120. The van der Waals surface area contributed by atoms with E-state index in [9.17, 15) is 4.79 Å². The molecule has 1 N–H and O–H groups in total. The fourth-order valence-corrected chi connectivity index (χ4v) is 3.19. The number of hydrogen-bond donors (Lipinski definition) is 1. The monoisotopic (exact) mass is 356 g/mol. The second-order valence-corrected chi connectivity index (χ2v) is 6.51. The van der Waals surface area contributed by atoms with Crippen molar-refractivity contribution in [2.75, 3.05) is 6.61 Å². The Kier molecular flexibility index (Phi) is 4.71. The van der Waals surface area contributed by atoms with Crippen molar-refractivity contribution in [3.63, 3.8) is 0 Å². The summed E-state index contributed by atoms with van der Waals surface area (Å²) in [4.78, 5) is 16.7. The van der Waals surface area contributed by atoms with E-state index in [2.05, 4.69) is 10.3 Å². The molecule has 0 bridgehead atoms. The fourth-order valence-electron chi connectivity index (χ4n) is 3.19. The van der Waals surface area contributed by atoms with Gasteiger partial charge in [-0.15, -0.1) is 0 Å². The Morgan fingerprint density at radius 2 is 1.74 bits per heavy atom. The number of pyridine rings is 1. The van der Waals surface area contributed by atoms with E-state index in [4.69, 9.17) is 4.74 Å². The summed E-state index contributed by atoms with van der Waals surface area (Å²) >= 11 is 0. The van der Waals surface area contributed by atoms with Crippen LogP contribution in [0.25, 0.3) is 21.7 Å². The minimum Gasteiger partial charge on any atom is -0.484 e. The molecule has 1 amide bonds. The molecule has 0 atom stereocenters. The molecule has 0 aliphatic heterocycles. The lowest BCUT2D eigenvalue weighted by atomic mass is 10.1. The van der Waals surface area contributed by atoms with E-state index in [1.807, 2.05) is 79.7 Å². The standard InChI is InChI=1S/C23H20N2O2/c1-16-12-19(21-8-4-5-9-22(21)25-16)14-24-23(26)15-27-20-11-10-17-6-2-3-7-18(17)13-20/h2-13H,14-15H2,1H3,(H,24,26). The molecule has 0 fully saturated rings. The zero-order valence-electron chi connectivity index (χ0n) is 15.1. The number of benzene rings is 3. The van der Waals surface area contributed by atoms with Crippen LogP contribution in [-0.2, 0) is 11.3 Å². The van der Waals surface area contributed by atoms with Gasteiger partial charge in [-0.05, 0) is 47.5 Å².